The van der Waals surface area contributed by atoms with Crippen LogP contribution in [0.3, 0.4) is 0 Å². The van der Waals surface area contributed by atoms with E-state index in [-0.39, 0.29) is 22.5 Å². The van der Waals surface area contributed by atoms with Crippen LogP contribution in [-0.4, -0.2) is 31.9 Å². The van der Waals surface area contributed by atoms with Crippen molar-refractivity contribution in [2.75, 3.05) is 5.32 Å². The Labute approximate surface area is 196 Å². The molecule has 176 valence electrons. The monoisotopic (exact) mass is 464 g/mol. The number of amides is 2. The minimum absolute atomic E-state index is 0.128. The lowest BCUT2D eigenvalue weighted by Crippen LogP contribution is -2.45. The molecule has 10 heteroatoms. The number of hydrogen-bond acceptors (Lipinski definition) is 5. The third kappa shape index (κ3) is 4.32. The van der Waals surface area contributed by atoms with Gasteiger partial charge < -0.3 is 15.2 Å². The van der Waals surface area contributed by atoms with E-state index in [0.29, 0.717) is 17.0 Å². The number of rotatable bonds is 6. The van der Waals surface area contributed by atoms with Crippen LogP contribution in [0.25, 0.3) is 0 Å². The molecule has 0 radical (unpaired) electrons. The van der Waals surface area contributed by atoms with Crippen LogP contribution in [0.15, 0.2) is 30.5 Å². The van der Waals surface area contributed by atoms with Gasteiger partial charge in [0, 0.05) is 31.7 Å². The molecule has 0 bridgehead atoms. The molecule has 2 heterocycles. The number of anilines is 1. The number of nitrogens with one attached hydrogen (secondary N) is 2. The van der Waals surface area contributed by atoms with E-state index in [1.54, 1.807) is 64.8 Å². The van der Waals surface area contributed by atoms with E-state index in [1.165, 1.54) is 16.7 Å². The first kappa shape index (κ1) is 24.4. The van der Waals surface area contributed by atoms with E-state index >= 15 is 0 Å². The van der Waals surface area contributed by atoms with Crippen molar-refractivity contribution in [2.24, 2.45) is 14.1 Å². The molecule has 3 aromatic rings. The predicted molar refractivity (Wildman–Crippen MR) is 123 cm³/mol. The first-order valence-corrected chi connectivity index (χ1v) is 10.4. The Morgan fingerprint density at radius 1 is 1.15 bits per heavy atom. The Kier molecular flexibility index (Phi) is 6.41. The van der Waals surface area contributed by atoms with Crippen molar-refractivity contribution in [3.63, 3.8) is 0 Å². The summed E-state index contributed by atoms with van der Waals surface area (Å²) in [7, 11) is 3.35. The van der Waals surface area contributed by atoms with E-state index in [1.807, 2.05) is 0 Å². The highest BCUT2D eigenvalue weighted by molar-refractivity contribution is 6.43. The van der Waals surface area contributed by atoms with Crippen molar-refractivity contribution >= 4 is 23.3 Å². The maximum Gasteiger partial charge on any atom is 0.293 e. The number of halogens is 1. The molecule has 0 saturated heterocycles. The average Bonchev–Trinajstić information content (AvgIpc) is 3.30. The number of nitriles is 1. The molecule has 0 fully saturated rings. The Bertz CT molecular complexity index is 1360. The minimum atomic E-state index is -0.865. The molecule has 0 saturated carbocycles. The SMILES string of the molecule is Cc1c(C(=O)C(=O)NC(C)(C)c2ccnn2C)c(C)n(C)c1C(=O)Nc1ccc(F)c(C#N)c1. The number of ketones is 1. The summed E-state index contributed by atoms with van der Waals surface area (Å²) >= 11 is 0. The maximum atomic E-state index is 13.6. The predicted octanol–water partition coefficient (Wildman–Crippen LogP) is 2.87. The van der Waals surface area contributed by atoms with Crippen LogP contribution in [0.5, 0.6) is 0 Å². The number of nitrogens with zero attached hydrogens (tertiary/aromatic N) is 4. The molecule has 3 rings (SSSR count). The number of benzene rings is 1. The van der Waals surface area contributed by atoms with Gasteiger partial charge in [0.15, 0.2) is 0 Å². The molecule has 0 unspecified atom stereocenters. The van der Waals surface area contributed by atoms with Gasteiger partial charge in [-0.15, -0.1) is 0 Å². The van der Waals surface area contributed by atoms with Crippen molar-refractivity contribution in [1.82, 2.24) is 19.7 Å². The lowest BCUT2D eigenvalue weighted by Gasteiger charge is -2.26. The first-order valence-electron chi connectivity index (χ1n) is 10.4. The lowest BCUT2D eigenvalue weighted by molar-refractivity contribution is -0.118. The Morgan fingerprint density at radius 2 is 1.82 bits per heavy atom. The van der Waals surface area contributed by atoms with Gasteiger partial charge >= 0.3 is 0 Å². The number of carbonyl (C=O) groups excluding carboxylic acids is 3. The van der Waals surface area contributed by atoms with Gasteiger partial charge in [-0.2, -0.15) is 10.4 Å². The van der Waals surface area contributed by atoms with Crippen LogP contribution >= 0.6 is 0 Å². The molecule has 1 aromatic carbocycles. The molecular weight excluding hydrogens is 439 g/mol. The summed E-state index contributed by atoms with van der Waals surface area (Å²) < 4.78 is 16.7. The standard InChI is InChI=1S/C24H25FN6O3/c1-13-19(21(32)23(34)29-24(3,4)18-9-10-27-31(18)6)14(2)30(5)20(13)22(33)28-16-7-8-17(25)15(11-16)12-26/h7-11H,1-6H3,(H,28,33)(H,29,34). The highest BCUT2D eigenvalue weighted by Crippen LogP contribution is 2.25. The highest BCUT2D eigenvalue weighted by Gasteiger charge is 2.33. The second kappa shape index (κ2) is 8.94. The maximum absolute atomic E-state index is 13.6. The van der Waals surface area contributed by atoms with Gasteiger partial charge in [-0.1, -0.05) is 0 Å². The van der Waals surface area contributed by atoms with Gasteiger partial charge in [-0.05, 0) is 57.5 Å². The summed E-state index contributed by atoms with van der Waals surface area (Å²) in [6.07, 6.45) is 1.60. The van der Waals surface area contributed by atoms with Gasteiger partial charge in [0.2, 0.25) is 0 Å². The Hall–Kier alpha value is -4.26. The van der Waals surface area contributed by atoms with Gasteiger partial charge in [-0.3, -0.25) is 19.1 Å². The molecule has 2 aromatic heterocycles. The topological polar surface area (TPSA) is 122 Å². The van der Waals surface area contributed by atoms with E-state index < -0.39 is 29.0 Å². The van der Waals surface area contributed by atoms with Crippen LogP contribution in [-0.2, 0) is 24.4 Å². The zero-order valence-corrected chi connectivity index (χ0v) is 19.8. The molecule has 0 aliphatic rings. The van der Waals surface area contributed by atoms with E-state index in [9.17, 15) is 18.8 Å². The quantitative estimate of drug-likeness (QED) is 0.429. The van der Waals surface area contributed by atoms with E-state index in [0.717, 1.165) is 6.07 Å². The normalized spacial score (nSPS) is 11.1. The Balaban J connectivity index is 1.89. The average molecular weight is 465 g/mol. The molecule has 0 aliphatic heterocycles. The summed E-state index contributed by atoms with van der Waals surface area (Å²) in [6.45, 7) is 6.75. The summed E-state index contributed by atoms with van der Waals surface area (Å²) in [5, 5.41) is 18.5. The Morgan fingerprint density at radius 3 is 2.41 bits per heavy atom. The van der Waals surface area contributed by atoms with E-state index in [2.05, 4.69) is 15.7 Å². The molecule has 34 heavy (non-hydrogen) atoms. The molecule has 2 amide bonds. The number of carbonyl (C=O) groups is 3. The third-order valence-electron chi connectivity index (χ3n) is 5.81. The van der Waals surface area contributed by atoms with Crippen LogP contribution < -0.4 is 10.6 Å². The fraction of sp³-hybridized carbons (Fsp3) is 0.292. The second-order valence-corrected chi connectivity index (χ2v) is 8.50. The van der Waals surface area contributed by atoms with Crippen LogP contribution in [0.4, 0.5) is 10.1 Å². The van der Waals surface area contributed by atoms with Gasteiger partial charge in [-0.25, -0.2) is 4.39 Å². The van der Waals surface area contributed by atoms with Crippen molar-refractivity contribution in [1.29, 1.82) is 5.26 Å². The van der Waals surface area contributed by atoms with Gasteiger partial charge in [0.05, 0.1) is 22.4 Å². The zero-order valence-electron chi connectivity index (χ0n) is 19.8. The van der Waals surface area contributed by atoms with Crippen molar-refractivity contribution in [2.45, 2.75) is 33.2 Å². The summed E-state index contributed by atoms with van der Waals surface area (Å²) in [5.41, 5.74) is 0.939. The summed E-state index contributed by atoms with van der Waals surface area (Å²) in [4.78, 5) is 39.0. The van der Waals surface area contributed by atoms with Gasteiger partial charge in [0.1, 0.15) is 17.6 Å². The van der Waals surface area contributed by atoms with Crippen LogP contribution in [0.1, 0.15) is 57.2 Å². The van der Waals surface area contributed by atoms with Crippen molar-refractivity contribution < 1.29 is 18.8 Å². The van der Waals surface area contributed by atoms with Crippen molar-refractivity contribution in [3.05, 3.63) is 70.1 Å². The summed E-state index contributed by atoms with van der Waals surface area (Å²) in [5.74, 6) is -2.84. The van der Waals surface area contributed by atoms with Crippen molar-refractivity contribution in [3.8, 4) is 6.07 Å². The fourth-order valence-corrected chi connectivity index (χ4v) is 4.02. The van der Waals surface area contributed by atoms with Crippen LogP contribution in [0, 0.1) is 31.0 Å². The zero-order chi connectivity index (χ0) is 25.4. The molecule has 9 nitrogen and oxygen atoms in total. The molecular formula is C24H25FN6O3. The smallest absolute Gasteiger partial charge is 0.293 e. The second-order valence-electron chi connectivity index (χ2n) is 8.50. The molecule has 0 spiro atoms. The molecule has 2 N–H and O–H groups in total. The number of aromatic nitrogens is 3. The third-order valence-corrected chi connectivity index (χ3v) is 5.81. The first-order chi connectivity index (χ1) is 15.9. The minimum Gasteiger partial charge on any atom is -0.343 e. The number of hydrogen-bond donors (Lipinski definition) is 2. The number of Topliss-reactive ketones (excluding diaryl/α,β-unsaturated/α-hetero) is 1. The fourth-order valence-electron chi connectivity index (χ4n) is 4.02. The summed E-state index contributed by atoms with van der Waals surface area (Å²) in [6, 6.07) is 7.10. The molecule has 0 aliphatic carbocycles. The number of aryl methyl sites for hydroxylation is 1. The lowest BCUT2D eigenvalue weighted by atomic mass is 9.98. The van der Waals surface area contributed by atoms with Gasteiger partial charge in [0.25, 0.3) is 17.6 Å². The highest BCUT2D eigenvalue weighted by atomic mass is 19.1. The molecule has 0 atom stereocenters. The largest absolute Gasteiger partial charge is 0.343 e. The van der Waals surface area contributed by atoms with Crippen LogP contribution in [0.2, 0.25) is 0 Å². The van der Waals surface area contributed by atoms with E-state index in [4.69, 9.17) is 5.26 Å².